The Labute approximate surface area is 122 Å². The fourth-order valence-corrected chi connectivity index (χ4v) is 1.75. The molecule has 0 aliphatic carbocycles. The molecule has 7 nitrogen and oxygen atoms in total. The summed E-state index contributed by atoms with van der Waals surface area (Å²) in [6.07, 6.45) is 0. The van der Waals surface area contributed by atoms with Gasteiger partial charge in [0.25, 0.3) is 0 Å². The number of carbonyl (C=O) groups is 3. The van der Waals surface area contributed by atoms with Crippen molar-refractivity contribution in [3.05, 3.63) is 29.3 Å². The monoisotopic (exact) mass is 293 g/mol. The lowest BCUT2D eigenvalue weighted by atomic mass is 10.1. The third-order valence-corrected chi connectivity index (χ3v) is 2.90. The highest BCUT2D eigenvalue weighted by Gasteiger charge is 2.16. The molecule has 1 aromatic carbocycles. The molecule has 114 valence electrons. The Morgan fingerprint density at radius 3 is 2.52 bits per heavy atom. The predicted molar refractivity (Wildman–Crippen MR) is 78.4 cm³/mol. The summed E-state index contributed by atoms with van der Waals surface area (Å²) in [5.74, 6) is -1.35. The normalized spacial score (nSPS) is 11.4. The van der Waals surface area contributed by atoms with Crippen LogP contribution in [0.1, 0.15) is 29.8 Å². The van der Waals surface area contributed by atoms with E-state index in [1.54, 1.807) is 32.9 Å². The van der Waals surface area contributed by atoms with E-state index in [4.69, 9.17) is 5.11 Å². The standard InChI is InChI=1S/C14H19N3O4/c1-4-15-12(18)9(3)16-14(21)17-11-7-5-6-10(8(11)2)13(19)20/h5-7,9H,4H2,1-3H3,(H,15,18)(H,19,20)(H2,16,17,21). The van der Waals surface area contributed by atoms with E-state index in [2.05, 4.69) is 16.0 Å². The molecule has 0 radical (unpaired) electrons. The van der Waals surface area contributed by atoms with Gasteiger partial charge in [-0.3, -0.25) is 4.79 Å². The van der Waals surface area contributed by atoms with Crippen LogP contribution in [-0.4, -0.2) is 35.6 Å². The van der Waals surface area contributed by atoms with Gasteiger partial charge in [0.1, 0.15) is 6.04 Å². The summed E-state index contributed by atoms with van der Waals surface area (Å²) in [5.41, 5.74) is 0.950. The molecule has 7 heteroatoms. The summed E-state index contributed by atoms with van der Waals surface area (Å²) in [4.78, 5) is 34.3. The molecular weight excluding hydrogens is 274 g/mol. The van der Waals surface area contributed by atoms with E-state index in [1.807, 2.05) is 0 Å². The molecule has 1 unspecified atom stereocenters. The van der Waals surface area contributed by atoms with Crippen LogP contribution in [0.4, 0.5) is 10.5 Å². The molecule has 0 heterocycles. The number of carboxylic acid groups (broad SMARTS) is 1. The van der Waals surface area contributed by atoms with Gasteiger partial charge >= 0.3 is 12.0 Å². The van der Waals surface area contributed by atoms with Gasteiger partial charge in [0.15, 0.2) is 0 Å². The molecular formula is C14H19N3O4. The Morgan fingerprint density at radius 2 is 1.95 bits per heavy atom. The Morgan fingerprint density at radius 1 is 1.29 bits per heavy atom. The number of amides is 3. The van der Waals surface area contributed by atoms with E-state index in [-0.39, 0.29) is 11.5 Å². The first kappa shape index (κ1) is 16.5. The highest BCUT2D eigenvalue weighted by Crippen LogP contribution is 2.18. The van der Waals surface area contributed by atoms with Crippen molar-refractivity contribution >= 4 is 23.6 Å². The van der Waals surface area contributed by atoms with Crippen LogP contribution in [0.5, 0.6) is 0 Å². The average Bonchev–Trinajstić information content (AvgIpc) is 2.40. The van der Waals surface area contributed by atoms with Crippen LogP contribution in [-0.2, 0) is 4.79 Å². The smallest absolute Gasteiger partial charge is 0.336 e. The van der Waals surface area contributed by atoms with Crippen molar-refractivity contribution in [3.63, 3.8) is 0 Å². The Bertz CT molecular complexity index is 557. The molecule has 0 bridgehead atoms. The number of carboxylic acids is 1. The van der Waals surface area contributed by atoms with Crippen molar-refractivity contribution in [1.82, 2.24) is 10.6 Å². The largest absolute Gasteiger partial charge is 0.478 e. The van der Waals surface area contributed by atoms with Gasteiger partial charge in [-0.2, -0.15) is 0 Å². The number of anilines is 1. The molecule has 21 heavy (non-hydrogen) atoms. The third-order valence-electron chi connectivity index (χ3n) is 2.90. The SMILES string of the molecule is CCNC(=O)C(C)NC(=O)Nc1cccc(C(=O)O)c1C. The van der Waals surface area contributed by atoms with Crippen LogP contribution < -0.4 is 16.0 Å². The zero-order chi connectivity index (χ0) is 16.0. The highest BCUT2D eigenvalue weighted by molar-refractivity contribution is 5.97. The number of aromatic carboxylic acids is 1. The lowest BCUT2D eigenvalue weighted by Crippen LogP contribution is -2.46. The minimum Gasteiger partial charge on any atom is -0.478 e. The third kappa shape index (κ3) is 4.48. The van der Waals surface area contributed by atoms with Gasteiger partial charge in [0.05, 0.1) is 5.56 Å². The topological polar surface area (TPSA) is 108 Å². The molecule has 0 aromatic heterocycles. The van der Waals surface area contributed by atoms with Crippen LogP contribution in [0, 0.1) is 6.92 Å². The molecule has 1 rings (SSSR count). The van der Waals surface area contributed by atoms with Crippen LogP contribution in [0.3, 0.4) is 0 Å². The molecule has 0 aliphatic rings. The second kappa shape index (κ2) is 7.28. The quantitative estimate of drug-likeness (QED) is 0.657. The summed E-state index contributed by atoms with van der Waals surface area (Å²) in [6.45, 7) is 5.43. The maximum absolute atomic E-state index is 11.8. The van der Waals surface area contributed by atoms with Crippen molar-refractivity contribution in [2.24, 2.45) is 0 Å². The maximum atomic E-state index is 11.8. The fourth-order valence-electron chi connectivity index (χ4n) is 1.75. The Kier molecular flexibility index (Phi) is 5.71. The zero-order valence-corrected chi connectivity index (χ0v) is 12.2. The van der Waals surface area contributed by atoms with E-state index in [0.717, 1.165) is 0 Å². The molecule has 4 N–H and O–H groups in total. The maximum Gasteiger partial charge on any atom is 0.336 e. The van der Waals surface area contributed by atoms with E-state index in [0.29, 0.717) is 17.8 Å². The van der Waals surface area contributed by atoms with Crippen molar-refractivity contribution in [2.75, 3.05) is 11.9 Å². The highest BCUT2D eigenvalue weighted by atomic mass is 16.4. The number of rotatable bonds is 5. The molecule has 0 spiro atoms. The van der Waals surface area contributed by atoms with Crippen molar-refractivity contribution in [3.8, 4) is 0 Å². The second-order valence-electron chi connectivity index (χ2n) is 4.50. The number of carbonyl (C=O) groups excluding carboxylic acids is 2. The van der Waals surface area contributed by atoms with Gasteiger partial charge < -0.3 is 21.1 Å². The molecule has 1 aromatic rings. The van der Waals surface area contributed by atoms with Crippen LogP contribution >= 0.6 is 0 Å². The molecule has 0 aliphatic heterocycles. The minimum atomic E-state index is -1.06. The van der Waals surface area contributed by atoms with Crippen molar-refractivity contribution in [2.45, 2.75) is 26.8 Å². The predicted octanol–water partition coefficient (Wildman–Crippen LogP) is 1.34. The summed E-state index contributed by atoms with van der Waals surface area (Å²) in [7, 11) is 0. The van der Waals surface area contributed by atoms with Crippen molar-refractivity contribution in [1.29, 1.82) is 0 Å². The second-order valence-corrected chi connectivity index (χ2v) is 4.50. The van der Waals surface area contributed by atoms with Gasteiger partial charge in [-0.05, 0) is 38.5 Å². The summed E-state index contributed by atoms with van der Waals surface area (Å²) < 4.78 is 0. The number of benzene rings is 1. The Balaban J connectivity index is 2.74. The molecule has 0 fully saturated rings. The average molecular weight is 293 g/mol. The van der Waals surface area contributed by atoms with Gasteiger partial charge in [-0.15, -0.1) is 0 Å². The van der Waals surface area contributed by atoms with E-state index >= 15 is 0 Å². The first-order valence-electron chi connectivity index (χ1n) is 6.55. The minimum absolute atomic E-state index is 0.115. The fraction of sp³-hybridized carbons (Fsp3) is 0.357. The molecule has 0 saturated carbocycles. The van der Waals surface area contributed by atoms with Crippen LogP contribution in [0.15, 0.2) is 18.2 Å². The molecule has 0 saturated heterocycles. The first-order valence-corrected chi connectivity index (χ1v) is 6.55. The van der Waals surface area contributed by atoms with Crippen LogP contribution in [0.2, 0.25) is 0 Å². The van der Waals surface area contributed by atoms with Gasteiger partial charge in [0, 0.05) is 12.2 Å². The lowest BCUT2D eigenvalue weighted by molar-refractivity contribution is -0.122. The zero-order valence-electron chi connectivity index (χ0n) is 12.2. The number of urea groups is 1. The van der Waals surface area contributed by atoms with Crippen molar-refractivity contribution < 1.29 is 19.5 Å². The van der Waals surface area contributed by atoms with Gasteiger partial charge in [-0.1, -0.05) is 6.07 Å². The van der Waals surface area contributed by atoms with E-state index < -0.39 is 18.0 Å². The van der Waals surface area contributed by atoms with E-state index in [1.165, 1.54) is 6.07 Å². The summed E-state index contributed by atoms with van der Waals surface area (Å²) in [5, 5.41) is 16.6. The summed E-state index contributed by atoms with van der Waals surface area (Å²) in [6, 6.07) is 3.34. The number of hydrogen-bond donors (Lipinski definition) is 4. The number of nitrogens with one attached hydrogen (secondary N) is 3. The molecule has 3 amide bonds. The van der Waals surface area contributed by atoms with Gasteiger partial charge in [-0.25, -0.2) is 9.59 Å². The summed E-state index contributed by atoms with van der Waals surface area (Å²) >= 11 is 0. The number of likely N-dealkylation sites (N-methyl/N-ethyl adjacent to an activating group) is 1. The number of hydrogen-bond acceptors (Lipinski definition) is 3. The Hall–Kier alpha value is -2.57. The van der Waals surface area contributed by atoms with Gasteiger partial charge in [0.2, 0.25) is 5.91 Å². The first-order chi connectivity index (χ1) is 9.86. The molecule has 1 atom stereocenters. The van der Waals surface area contributed by atoms with Crippen LogP contribution in [0.25, 0.3) is 0 Å². The lowest BCUT2D eigenvalue weighted by Gasteiger charge is -2.15. The van der Waals surface area contributed by atoms with E-state index in [9.17, 15) is 14.4 Å².